The molecular formula is C20H23ClN4O5S. The standard InChI is InChI=1S/C20H23ClN4O5S/c1-22-20(29)25(11-15(26)10-23-19(28)16-6-7-17(21)31-16)14-4-2-13(3-5-14)24-8-9-30-12-18(24)27/h2-7,15,26H,8-12H2,1H3,(H,22,29)(H,23,28). The van der Waals surface area contributed by atoms with Gasteiger partial charge in [-0.25, -0.2) is 4.79 Å². The predicted octanol–water partition coefficient (Wildman–Crippen LogP) is 1.70. The Balaban J connectivity index is 1.63. The quantitative estimate of drug-likeness (QED) is 0.575. The van der Waals surface area contributed by atoms with Crippen molar-refractivity contribution < 1.29 is 24.2 Å². The number of benzene rings is 1. The summed E-state index contributed by atoms with van der Waals surface area (Å²) in [5.74, 6) is -0.470. The second-order valence-electron chi connectivity index (χ2n) is 6.75. The summed E-state index contributed by atoms with van der Waals surface area (Å²) in [7, 11) is 1.49. The molecule has 1 atom stereocenters. The smallest absolute Gasteiger partial charge is 0.321 e. The van der Waals surface area contributed by atoms with Gasteiger partial charge >= 0.3 is 6.03 Å². The van der Waals surface area contributed by atoms with Crippen LogP contribution in [-0.2, 0) is 9.53 Å². The van der Waals surface area contributed by atoms with E-state index < -0.39 is 12.1 Å². The minimum Gasteiger partial charge on any atom is -0.389 e. The van der Waals surface area contributed by atoms with E-state index in [0.29, 0.717) is 33.7 Å². The highest BCUT2D eigenvalue weighted by molar-refractivity contribution is 7.18. The summed E-state index contributed by atoms with van der Waals surface area (Å²) >= 11 is 6.97. The van der Waals surface area contributed by atoms with Crippen LogP contribution in [0.3, 0.4) is 0 Å². The first-order valence-electron chi connectivity index (χ1n) is 9.58. The molecule has 0 saturated carbocycles. The Morgan fingerprint density at radius 1 is 1.29 bits per heavy atom. The zero-order chi connectivity index (χ0) is 22.4. The Morgan fingerprint density at radius 2 is 2.03 bits per heavy atom. The summed E-state index contributed by atoms with van der Waals surface area (Å²) < 4.78 is 5.64. The maximum Gasteiger partial charge on any atom is 0.321 e. The van der Waals surface area contributed by atoms with Crippen LogP contribution in [-0.4, -0.2) is 69.0 Å². The largest absolute Gasteiger partial charge is 0.389 e. The number of nitrogens with zero attached hydrogens (tertiary/aromatic N) is 2. The monoisotopic (exact) mass is 466 g/mol. The molecule has 0 spiro atoms. The number of rotatable bonds is 7. The predicted molar refractivity (Wildman–Crippen MR) is 119 cm³/mol. The van der Waals surface area contributed by atoms with Crippen LogP contribution in [0, 0.1) is 0 Å². The SMILES string of the molecule is CNC(=O)N(CC(O)CNC(=O)c1ccc(Cl)s1)c1ccc(N2CCOCC2=O)cc1. The highest BCUT2D eigenvalue weighted by Crippen LogP contribution is 2.23. The van der Waals surface area contributed by atoms with Crippen molar-refractivity contribution in [1.82, 2.24) is 10.6 Å². The molecule has 4 amide bonds. The Kier molecular flexibility index (Phi) is 7.85. The minimum absolute atomic E-state index is 0.0395. The van der Waals surface area contributed by atoms with Crippen molar-refractivity contribution in [2.45, 2.75) is 6.10 Å². The molecule has 1 saturated heterocycles. The summed E-state index contributed by atoms with van der Waals surface area (Å²) in [6.07, 6.45) is -1.00. The van der Waals surface area contributed by atoms with E-state index in [2.05, 4.69) is 10.6 Å². The molecule has 3 rings (SSSR count). The number of carbonyl (C=O) groups is 3. The molecule has 0 bridgehead atoms. The fourth-order valence-electron chi connectivity index (χ4n) is 3.05. The van der Waals surface area contributed by atoms with Crippen LogP contribution in [0.1, 0.15) is 9.67 Å². The number of carbonyl (C=O) groups excluding carboxylic acids is 3. The van der Waals surface area contributed by atoms with E-state index >= 15 is 0 Å². The normalized spacial score (nSPS) is 14.8. The Bertz CT molecular complexity index is 936. The van der Waals surface area contributed by atoms with Gasteiger partial charge < -0.3 is 25.4 Å². The summed E-state index contributed by atoms with van der Waals surface area (Å²) in [5, 5.41) is 15.6. The summed E-state index contributed by atoms with van der Waals surface area (Å²) in [6.45, 7) is 0.892. The van der Waals surface area contributed by atoms with Crippen molar-refractivity contribution >= 4 is 52.2 Å². The van der Waals surface area contributed by atoms with Crippen molar-refractivity contribution in [2.75, 3.05) is 49.7 Å². The molecule has 1 aromatic heterocycles. The number of amides is 4. The van der Waals surface area contributed by atoms with Gasteiger partial charge in [-0.2, -0.15) is 0 Å². The topological polar surface area (TPSA) is 111 Å². The van der Waals surface area contributed by atoms with Crippen molar-refractivity contribution in [3.63, 3.8) is 0 Å². The molecule has 9 nitrogen and oxygen atoms in total. The first-order valence-corrected chi connectivity index (χ1v) is 10.8. The number of morpholine rings is 1. The Hall–Kier alpha value is -2.66. The molecule has 166 valence electrons. The number of thiophene rings is 1. The van der Waals surface area contributed by atoms with E-state index in [1.54, 1.807) is 41.3 Å². The lowest BCUT2D eigenvalue weighted by molar-refractivity contribution is -0.125. The third-order valence-electron chi connectivity index (χ3n) is 4.61. The summed E-state index contributed by atoms with van der Waals surface area (Å²) in [5.41, 5.74) is 1.25. The number of anilines is 2. The van der Waals surface area contributed by atoms with Crippen LogP contribution < -0.4 is 20.4 Å². The summed E-state index contributed by atoms with van der Waals surface area (Å²) in [4.78, 5) is 39.9. The number of hydrogen-bond donors (Lipinski definition) is 3. The number of aliphatic hydroxyl groups is 1. The van der Waals surface area contributed by atoms with E-state index in [-0.39, 0.29) is 31.5 Å². The Labute approximate surface area is 188 Å². The van der Waals surface area contributed by atoms with Gasteiger partial charge in [0.1, 0.15) is 6.61 Å². The van der Waals surface area contributed by atoms with Gasteiger partial charge in [0.05, 0.1) is 28.5 Å². The molecule has 2 heterocycles. The average Bonchev–Trinajstić information content (AvgIpc) is 3.22. The third-order valence-corrected chi connectivity index (χ3v) is 5.84. The molecule has 1 unspecified atom stereocenters. The number of ether oxygens (including phenoxy) is 1. The maximum absolute atomic E-state index is 12.4. The van der Waals surface area contributed by atoms with Crippen LogP contribution in [0.25, 0.3) is 0 Å². The third kappa shape index (κ3) is 5.95. The molecule has 2 aromatic rings. The van der Waals surface area contributed by atoms with Crippen molar-refractivity contribution in [1.29, 1.82) is 0 Å². The van der Waals surface area contributed by atoms with Crippen LogP contribution in [0.5, 0.6) is 0 Å². The van der Waals surface area contributed by atoms with E-state index in [1.165, 1.54) is 11.9 Å². The van der Waals surface area contributed by atoms with Crippen molar-refractivity contribution in [3.8, 4) is 0 Å². The van der Waals surface area contributed by atoms with Gasteiger partial charge in [-0.15, -0.1) is 11.3 Å². The second kappa shape index (κ2) is 10.6. The molecule has 3 N–H and O–H groups in total. The first-order chi connectivity index (χ1) is 14.9. The highest BCUT2D eigenvalue weighted by atomic mass is 35.5. The first kappa shape index (κ1) is 23.0. The van der Waals surface area contributed by atoms with Gasteiger partial charge in [-0.3, -0.25) is 14.5 Å². The zero-order valence-electron chi connectivity index (χ0n) is 16.8. The number of halogens is 1. The van der Waals surface area contributed by atoms with E-state index in [4.69, 9.17) is 16.3 Å². The van der Waals surface area contributed by atoms with Gasteiger partial charge in [0.15, 0.2) is 0 Å². The van der Waals surface area contributed by atoms with Gasteiger partial charge in [-0.05, 0) is 36.4 Å². The molecule has 11 heteroatoms. The van der Waals surface area contributed by atoms with Crippen molar-refractivity contribution in [2.24, 2.45) is 0 Å². The van der Waals surface area contributed by atoms with Gasteiger partial charge in [0.2, 0.25) is 0 Å². The molecule has 1 aromatic carbocycles. The molecule has 31 heavy (non-hydrogen) atoms. The number of aliphatic hydroxyl groups excluding tert-OH is 1. The average molecular weight is 467 g/mol. The molecular weight excluding hydrogens is 444 g/mol. The van der Waals surface area contributed by atoms with Crippen LogP contribution >= 0.6 is 22.9 Å². The lowest BCUT2D eigenvalue weighted by Gasteiger charge is -2.28. The number of urea groups is 1. The molecule has 1 aliphatic heterocycles. The van der Waals surface area contributed by atoms with Crippen LogP contribution in [0.4, 0.5) is 16.2 Å². The summed E-state index contributed by atoms with van der Waals surface area (Å²) in [6, 6.07) is 9.70. The van der Waals surface area contributed by atoms with Crippen molar-refractivity contribution in [3.05, 3.63) is 45.6 Å². The number of hydrogen-bond acceptors (Lipinski definition) is 6. The minimum atomic E-state index is -1.00. The Morgan fingerprint density at radius 3 is 2.65 bits per heavy atom. The highest BCUT2D eigenvalue weighted by Gasteiger charge is 2.22. The fraction of sp³-hybridized carbons (Fsp3) is 0.350. The van der Waals surface area contributed by atoms with Crippen LogP contribution in [0.15, 0.2) is 36.4 Å². The lowest BCUT2D eigenvalue weighted by atomic mass is 10.2. The number of nitrogens with one attached hydrogen (secondary N) is 2. The van der Waals surface area contributed by atoms with E-state index in [9.17, 15) is 19.5 Å². The molecule has 0 radical (unpaired) electrons. The van der Waals surface area contributed by atoms with Gasteiger partial charge in [0.25, 0.3) is 11.8 Å². The molecule has 0 aliphatic carbocycles. The van der Waals surface area contributed by atoms with Crippen LogP contribution in [0.2, 0.25) is 4.34 Å². The fourth-order valence-corrected chi connectivity index (χ4v) is 4.01. The van der Waals surface area contributed by atoms with E-state index in [1.807, 2.05) is 0 Å². The zero-order valence-corrected chi connectivity index (χ0v) is 18.4. The van der Waals surface area contributed by atoms with Gasteiger partial charge in [0, 0.05) is 31.5 Å². The second-order valence-corrected chi connectivity index (χ2v) is 8.46. The lowest BCUT2D eigenvalue weighted by Crippen LogP contribution is -2.46. The van der Waals surface area contributed by atoms with E-state index in [0.717, 1.165) is 11.3 Å². The van der Waals surface area contributed by atoms with Gasteiger partial charge in [-0.1, -0.05) is 11.6 Å². The molecule has 1 fully saturated rings. The maximum atomic E-state index is 12.4. The molecule has 1 aliphatic rings.